The third-order valence-electron chi connectivity index (χ3n) is 11.7. The molecule has 0 aromatic rings. The van der Waals surface area contributed by atoms with Gasteiger partial charge in [0.05, 0.1) is 0 Å². The van der Waals surface area contributed by atoms with E-state index in [1.807, 2.05) is 0 Å². The quantitative estimate of drug-likeness (QED) is 0.427. The second-order valence-electron chi connectivity index (χ2n) is 13.1. The number of ketones is 1. The van der Waals surface area contributed by atoms with Crippen LogP contribution in [0.25, 0.3) is 0 Å². The Bertz CT molecular complexity index is 622. The zero-order valence-corrected chi connectivity index (χ0v) is 21.0. The van der Waals surface area contributed by atoms with E-state index in [0.29, 0.717) is 22.5 Å². The van der Waals surface area contributed by atoms with Crippen LogP contribution in [0.15, 0.2) is 0 Å². The zero-order chi connectivity index (χ0) is 21.7. The van der Waals surface area contributed by atoms with Crippen LogP contribution in [0.2, 0.25) is 0 Å². The largest absolute Gasteiger partial charge is 0.300 e. The average molecular weight is 415 g/mol. The zero-order valence-electron chi connectivity index (χ0n) is 21.0. The van der Waals surface area contributed by atoms with Gasteiger partial charge in [0, 0.05) is 12.8 Å². The highest BCUT2D eigenvalue weighted by Crippen LogP contribution is 2.68. The van der Waals surface area contributed by atoms with Crippen LogP contribution >= 0.6 is 0 Å². The van der Waals surface area contributed by atoms with Crippen molar-refractivity contribution in [2.24, 2.45) is 58.2 Å². The summed E-state index contributed by atoms with van der Waals surface area (Å²) in [7, 11) is 0. The molecule has 30 heavy (non-hydrogen) atoms. The van der Waals surface area contributed by atoms with Gasteiger partial charge in [0.2, 0.25) is 0 Å². The molecular formula is C29H50O. The SMILES string of the molecule is CC[C@@H](CC[C@@H](C)[C@H]1CC[C@H]2[C@@H]3CC[C@@H]4CC(=O)CC[C@]4(C)[C@@H]3CC[C@]12C)C(C)C. The van der Waals surface area contributed by atoms with Crippen molar-refractivity contribution in [2.75, 3.05) is 0 Å². The van der Waals surface area contributed by atoms with Crippen molar-refractivity contribution in [3.05, 3.63) is 0 Å². The van der Waals surface area contributed by atoms with Gasteiger partial charge in [-0.05, 0) is 110 Å². The number of carbonyl (C=O) groups is 1. The van der Waals surface area contributed by atoms with E-state index in [9.17, 15) is 4.79 Å². The maximum absolute atomic E-state index is 12.1. The lowest BCUT2D eigenvalue weighted by Gasteiger charge is -2.60. The molecule has 0 saturated heterocycles. The summed E-state index contributed by atoms with van der Waals surface area (Å²) in [5, 5.41) is 0. The summed E-state index contributed by atoms with van der Waals surface area (Å²) in [4.78, 5) is 12.1. The van der Waals surface area contributed by atoms with E-state index < -0.39 is 0 Å². The molecule has 0 aromatic carbocycles. The van der Waals surface area contributed by atoms with E-state index in [0.717, 1.165) is 54.3 Å². The minimum atomic E-state index is 0.466. The van der Waals surface area contributed by atoms with Gasteiger partial charge in [0.15, 0.2) is 0 Å². The van der Waals surface area contributed by atoms with Crippen LogP contribution in [0.4, 0.5) is 0 Å². The fourth-order valence-electron chi connectivity index (χ4n) is 9.71. The highest BCUT2D eigenvalue weighted by Gasteiger charge is 2.60. The van der Waals surface area contributed by atoms with E-state index >= 15 is 0 Å². The number of rotatable bonds is 6. The van der Waals surface area contributed by atoms with Crippen LogP contribution in [-0.2, 0) is 4.79 Å². The van der Waals surface area contributed by atoms with Gasteiger partial charge in [-0.15, -0.1) is 0 Å². The molecule has 1 nitrogen and oxygen atoms in total. The average Bonchev–Trinajstić information content (AvgIpc) is 3.06. The molecule has 0 unspecified atom stereocenters. The van der Waals surface area contributed by atoms with Crippen LogP contribution in [0, 0.1) is 58.2 Å². The molecule has 9 atom stereocenters. The van der Waals surface area contributed by atoms with E-state index in [-0.39, 0.29) is 0 Å². The van der Waals surface area contributed by atoms with E-state index in [1.54, 1.807) is 0 Å². The second-order valence-corrected chi connectivity index (χ2v) is 13.1. The normalized spacial score (nSPS) is 45.6. The smallest absolute Gasteiger partial charge is 0.133 e. The lowest BCUT2D eigenvalue weighted by atomic mass is 9.44. The molecule has 4 fully saturated rings. The lowest BCUT2D eigenvalue weighted by Crippen LogP contribution is -2.53. The Morgan fingerprint density at radius 3 is 2.33 bits per heavy atom. The molecule has 0 radical (unpaired) electrons. The Morgan fingerprint density at radius 1 is 0.900 bits per heavy atom. The monoisotopic (exact) mass is 414 g/mol. The molecule has 4 rings (SSSR count). The van der Waals surface area contributed by atoms with Gasteiger partial charge in [0.1, 0.15) is 5.78 Å². The predicted octanol–water partition coefficient (Wildman–Crippen LogP) is 8.31. The van der Waals surface area contributed by atoms with Gasteiger partial charge in [0.25, 0.3) is 0 Å². The molecule has 172 valence electrons. The highest BCUT2D eigenvalue weighted by atomic mass is 16.1. The molecule has 0 amide bonds. The van der Waals surface area contributed by atoms with Crippen LogP contribution in [0.5, 0.6) is 0 Å². The van der Waals surface area contributed by atoms with Crippen molar-refractivity contribution in [1.82, 2.24) is 0 Å². The summed E-state index contributed by atoms with van der Waals surface area (Å²) < 4.78 is 0. The van der Waals surface area contributed by atoms with Gasteiger partial charge < -0.3 is 0 Å². The van der Waals surface area contributed by atoms with Crippen molar-refractivity contribution >= 4 is 5.78 Å². The Hall–Kier alpha value is -0.330. The van der Waals surface area contributed by atoms with E-state index in [1.165, 1.54) is 64.2 Å². The summed E-state index contributed by atoms with van der Waals surface area (Å²) in [6.45, 7) is 15.1. The molecular weight excluding hydrogens is 364 g/mol. The molecule has 0 aliphatic heterocycles. The van der Waals surface area contributed by atoms with E-state index in [2.05, 4.69) is 41.5 Å². The van der Waals surface area contributed by atoms with Crippen molar-refractivity contribution < 1.29 is 4.79 Å². The number of hydrogen-bond donors (Lipinski definition) is 0. The highest BCUT2D eigenvalue weighted by molar-refractivity contribution is 5.79. The van der Waals surface area contributed by atoms with Gasteiger partial charge in [-0.25, -0.2) is 0 Å². The Kier molecular flexibility index (Phi) is 6.51. The van der Waals surface area contributed by atoms with Crippen LogP contribution in [0.3, 0.4) is 0 Å². The minimum Gasteiger partial charge on any atom is -0.300 e. The summed E-state index contributed by atoms with van der Waals surface area (Å²) >= 11 is 0. The number of hydrogen-bond acceptors (Lipinski definition) is 1. The van der Waals surface area contributed by atoms with E-state index in [4.69, 9.17) is 0 Å². The first kappa shape index (κ1) is 22.8. The Balaban J connectivity index is 1.45. The molecule has 0 bridgehead atoms. The standard InChI is InChI=1S/C29H50O/c1-7-21(19(2)3)9-8-20(4)25-12-13-26-24-11-10-22-18-23(30)14-16-28(22,5)27(24)15-17-29(25,26)6/h19-22,24-27H,7-18H2,1-6H3/t20-,21+,22-,24+,25-,26+,27-,28+,29-/m1/s1. The molecule has 0 heterocycles. The summed E-state index contributed by atoms with van der Waals surface area (Å²) in [6.07, 6.45) is 15.8. The van der Waals surface area contributed by atoms with Crippen molar-refractivity contribution in [2.45, 2.75) is 119 Å². The third-order valence-corrected chi connectivity index (χ3v) is 11.7. The summed E-state index contributed by atoms with van der Waals surface area (Å²) in [5.41, 5.74) is 1.06. The summed E-state index contributed by atoms with van der Waals surface area (Å²) in [6, 6.07) is 0. The second kappa shape index (κ2) is 8.55. The van der Waals surface area contributed by atoms with Crippen LogP contribution < -0.4 is 0 Å². The first-order valence-electron chi connectivity index (χ1n) is 13.7. The molecule has 4 aliphatic rings. The van der Waals surface area contributed by atoms with Gasteiger partial charge in [-0.1, -0.05) is 54.4 Å². The third kappa shape index (κ3) is 3.73. The minimum absolute atomic E-state index is 0.466. The number of fused-ring (bicyclic) bond motifs is 5. The molecule has 1 heteroatoms. The maximum Gasteiger partial charge on any atom is 0.133 e. The predicted molar refractivity (Wildman–Crippen MR) is 127 cm³/mol. The van der Waals surface area contributed by atoms with Gasteiger partial charge in [-0.2, -0.15) is 0 Å². The topological polar surface area (TPSA) is 17.1 Å². The fraction of sp³-hybridized carbons (Fsp3) is 0.966. The molecule has 0 N–H and O–H groups in total. The molecule has 0 spiro atoms. The first-order chi connectivity index (χ1) is 14.2. The number of carbonyl (C=O) groups excluding carboxylic acids is 1. The Labute approximate surface area is 187 Å². The Morgan fingerprint density at radius 2 is 1.63 bits per heavy atom. The van der Waals surface area contributed by atoms with Gasteiger partial charge in [-0.3, -0.25) is 4.79 Å². The number of Topliss-reactive ketones (excluding diaryl/α,β-unsaturated/α-hetero) is 1. The molecule has 4 aliphatic carbocycles. The summed E-state index contributed by atoms with van der Waals surface area (Å²) in [5.74, 6) is 7.67. The van der Waals surface area contributed by atoms with Crippen LogP contribution in [0.1, 0.15) is 119 Å². The molecule has 4 saturated carbocycles. The lowest BCUT2D eigenvalue weighted by molar-refractivity contribution is -0.140. The maximum atomic E-state index is 12.1. The van der Waals surface area contributed by atoms with Crippen molar-refractivity contribution in [3.63, 3.8) is 0 Å². The van der Waals surface area contributed by atoms with Crippen molar-refractivity contribution in [1.29, 1.82) is 0 Å². The van der Waals surface area contributed by atoms with Gasteiger partial charge >= 0.3 is 0 Å². The fourth-order valence-corrected chi connectivity index (χ4v) is 9.71. The van der Waals surface area contributed by atoms with Crippen molar-refractivity contribution in [3.8, 4) is 0 Å². The first-order valence-corrected chi connectivity index (χ1v) is 13.7. The molecule has 0 aromatic heterocycles. The van der Waals surface area contributed by atoms with Crippen LogP contribution in [-0.4, -0.2) is 5.78 Å².